The maximum absolute atomic E-state index is 12.8. The minimum atomic E-state index is -4.57. The van der Waals surface area contributed by atoms with E-state index in [1.165, 1.54) is 12.1 Å². The molecule has 216 valence electrons. The Morgan fingerprint density at radius 2 is 1.78 bits per heavy atom. The molecule has 0 radical (unpaired) electrons. The van der Waals surface area contributed by atoms with Crippen LogP contribution in [0, 0.1) is 5.41 Å². The number of aryl methyl sites for hydroxylation is 1. The topological polar surface area (TPSA) is 121 Å². The van der Waals surface area contributed by atoms with Crippen molar-refractivity contribution < 1.29 is 27.9 Å². The van der Waals surface area contributed by atoms with Crippen LogP contribution in [0.1, 0.15) is 42.3 Å². The Kier molecular flexibility index (Phi) is 8.10. The van der Waals surface area contributed by atoms with E-state index >= 15 is 0 Å². The van der Waals surface area contributed by atoms with E-state index in [-0.39, 0.29) is 40.6 Å². The number of benzene rings is 2. The molecule has 0 spiro atoms. The molecule has 0 aliphatic heterocycles. The number of nitrogens with one attached hydrogen (secondary N) is 3. The third-order valence-electron chi connectivity index (χ3n) is 6.10. The lowest BCUT2D eigenvalue weighted by molar-refractivity contribution is -0.137. The molecule has 0 aliphatic carbocycles. The number of anilines is 3. The smallest absolute Gasteiger partial charge is 0.417 e. The number of carbonyl (C=O) groups excluding carboxylic acids is 2. The summed E-state index contributed by atoms with van der Waals surface area (Å²) >= 11 is 13.0. The van der Waals surface area contributed by atoms with Crippen molar-refractivity contribution in [3.05, 3.63) is 69.3 Å². The lowest BCUT2D eigenvalue weighted by Crippen LogP contribution is -2.34. The molecule has 2 aromatic heterocycles. The number of amides is 2. The maximum Gasteiger partial charge on any atom is 0.417 e. The molecule has 14 heteroatoms. The van der Waals surface area contributed by atoms with Crippen molar-refractivity contribution in [3.63, 3.8) is 0 Å². The van der Waals surface area contributed by atoms with Crippen molar-refractivity contribution in [2.24, 2.45) is 12.5 Å². The number of aromatic hydroxyl groups is 1. The second kappa shape index (κ2) is 11.1. The summed E-state index contributed by atoms with van der Waals surface area (Å²) in [6.07, 6.45) is -3.97. The summed E-state index contributed by atoms with van der Waals surface area (Å²) in [6, 6.07) is 7.77. The Labute approximate surface area is 242 Å². The lowest BCUT2D eigenvalue weighted by atomic mass is 9.95. The number of phenols is 1. The number of carbonyl (C=O) groups is 2. The van der Waals surface area contributed by atoms with E-state index in [1.807, 2.05) is 0 Å². The molecular formula is C27H25Cl2F3N6O3. The van der Waals surface area contributed by atoms with Crippen molar-refractivity contribution in [2.75, 3.05) is 10.6 Å². The van der Waals surface area contributed by atoms with Gasteiger partial charge in [0, 0.05) is 31.3 Å². The second-order valence-corrected chi connectivity index (χ2v) is 11.0. The molecule has 2 aromatic carbocycles. The standard InChI is InChI=1S/C27H25Cl2F3N6O3/c1-26(2,3)24(41)34-11-13-5-7-16(28)22(21(13)29)37-25-35-17-9-15(19(39)10-18(17)38(25)4)23(40)36-20-8-6-14(12-33-20)27(30,31)32/h5-10,12,39H,11H2,1-4H3,(H,34,41)(H,35,37)(H,33,36,40). The number of halogens is 5. The zero-order valence-corrected chi connectivity index (χ0v) is 23.8. The molecular weight excluding hydrogens is 584 g/mol. The van der Waals surface area contributed by atoms with Crippen LogP contribution in [0.5, 0.6) is 5.75 Å². The summed E-state index contributed by atoms with van der Waals surface area (Å²) < 4.78 is 40.0. The fourth-order valence-corrected chi connectivity index (χ4v) is 4.27. The van der Waals surface area contributed by atoms with Gasteiger partial charge in [0.15, 0.2) is 0 Å². The third-order valence-corrected chi connectivity index (χ3v) is 6.85. The molecule has 4 aromatic rings. The van der Waals surface area contributed by atoms with Crippen molar-refractivity contribution in [1.82, 2.24) is 19.9 Å². The first kappa shape index (κ1) is 29.9. The summed E-state index contributed by atoms with van der Waals surface area (Å²) in [6.45, 7) is 5.55. The number of imidazole rings is 1. The number of rotatable bonds is 6. The molecule has 0 saturated carbocycles. The van der Waals surface area contributed by atoms with Crippen LogP contribution < -0.4 is 16.0 Å². The number of aromatic nitrogens is 3. The predicted molar refractivity (Wildman–Crippen MR) is 151 cm³/mol. The van der Waals surface area contributed by atoms with Gasteiger partial charge in [-0.05, 0) is 29.8 Å². The normalized spacial score (nSPS) is 11.9. The summed E-state index contributed by atoms with van der Waals surface area (Å²) in [7, 11) is 1.66. The van der Waals surface area contributed by atoms with Crippen LogP contribution in [0.25, 0.3) is 11.0 Å². The molecule has 2 amide bonds. The zero-order chi connectivity index (χ0) is 30.3. The Balaban J connectivity index is 1.59. The molecule has 4 N–H and O–H groups in total. The number of pyridine rings is 1. The molecule has 0 atom stereocenters. The first-order valence-electron chi connectivity index (χ1n) is 12.1. The summed E-state index contributed by atoms with van der Waals surface area (Å²) in [5.74, 6) is -1.19. The molecule has 2 heterocycles. The van der Waals surface area contributed by atoms with Gasteiger partial charge in [-0.1, -0.05) is 50.0 Å². The van der Waals surface area contributed by atoms with Gasteiger partial charge in [0.1, 0.15) is 11.6 Å². The average molecular weight is 609 g/mol. The van der Waals surface area contributed by atoms with Crippen LogP contribution in [0.4, 0.5) is 30.6 Å². The van der Waals surface area contributed by atoms with Gasteiger partial charge in [0.05, 0.1) is 37.9 Å². The molecule has 4 rings (SSSR count). The van der Waals surface area contributed by atoms with Crippen LogP contribution in [0.2, 0.25) is 10.0 Å². The number of alkyl halides is 3. The lowest BCUT2D eigenvalue weighted by Gasteiger charge is -2.19. The monoisotopic (exact) mass is 608 g/mol. The van der Waals surface area contributed by atoms with Crippen LogP contribution in [-0.2, 0) is 24.6 Å². The molecule has 0 fully saturated rings. The van der Waals surface area contributed by atoms with Gasteiger partial charge in [-0.2, -0.15) is 13.2 Å². The van der Waals surface area contributed by atoms with Crippen LogP contribution in [0.3, 0.4) is 0 Å². The average Bonchev–Trinajstić information content (AvgIpc) is 3.18. The highest BCUT2D eigenvalue weighted by molar-refractivity contribution is 6.39. The van der Waals surface area contributed by atoms with E-state index in [4.69, 9.17) is 23.2 Å². The number of nitrogens with zero attached hydrogens (tertiary/aromatic N) is 3. The molecule has 0 bridgehead atoms. The van der Waals surface area contributed by atoms with Crippen molar-refractivity contribution >= 4 is 63.5 Å². The quantitative estimate of drug-likeness (QED) is 0.194. The molecule has 0 unspecified atom stereocenters. The van der Waals surface area contributed by atoms with Crippen LogP contribution >= 0.6 is 23.2 Å². The summed E-state index contributed by atoms with van der Waals surface area (Å²) in [5, 5.41) is 19.4. The van der Waals surface area contributed by atoms with E-state index in [1.54, 1.807) is 44.5 Å². The number of hydrogen-bond acceptors (Lipinski definition) is 6. The molecule has 9 nitrogen and oxygen atoms in total. The summed E-state index contributed by atoms with van der Waals surface area (Å²) in [5.41, 5.74) is 0.00965. The van der Waals surface area contributed by atoms with Gasteiger partial charge in [-0.15, -0.1) is 0 Å². The van der Waals surface area contributed by atoms with Crippen molar-refractivity contribution in [1.29, 1.82) is 0 Å². The second-order valence-electron chi connectivity index (χ2n) is 10.2. The Morgan fingerprint density at radius 1 is 1.07 bits per heavy atom. The molecule has 41 heavy (non-hydrogen) atoms. The minimum Gasteiger partial charge on any atom is -0.507 e. The third kappa shape index (κ3) is 6.49. The van der Waals surface area contributed by atoms with E-state index < -0.39 is 23.1 Å². The molecule has 0 saturated heterocycles. The van der Waals surface area contributed by atoms with Gasteiger partial charge in [0.25, 0.3) is 5.91 Å². The number of hydrogen-bond donors (Lipinski definition) is 4. The Bertz CT molecular complexity index is 1650. The van der Waals surface area contributed by atoms with E-state index in [9.17, 15) is 27.9 Å². The largest absolute Gasteiger partial charge is 0.507 e. The van der Waals surface area contributed by atoms with Crippen molar-refractivity contribution in [2.45, 2.75) is 33.5 Å². The fraction of sp³-hybridized carbons (Fsp3) is 0.259. The van der Waals surface area contributed by atoms with E-state index in [0.29, 0.717) is 33.5 Å². The van der Waals surface area contributed by atoms with Gasteiger partial charge < -0.3 is 25.6 Å². The van der Waals surface area contributed by atoms with Crippen LogP contribution in [-0.4, -0.2) is 31.5 Å². The molecule has 0 aliphatic rings. The zero-order valence-electron chi connectivity index (χ0n) is 22.2. The first-order chi connectivity index (χ1) is 19.1. The fourth-order valence-electron chi connectivity index (χ4n) is 3.74. The number of fused-ring (bicyclic) bond motifs is 1. The van der Waals surface area contributed by atoms with Gasteiger partial charge in [-0.3, -0.25) is 9.59 Å². The van der Waals surface area contributed by atoms with Gasteiger partial charge in [0.2, 0.25) is 11.9 Å². The SMILES string of the molecule is Cn1c(Nc2c(Cl)ccc(CNC(=O)C(C)(C)C)c2Cl)nc2cc(C(=O)Nc3ccc(C(F)(F)F)cn3)c(O)cc21. The van der Waals surface area contributed by atoms with Gasteiger partial charge in [-0.25, -0.2) is 9.97 Å². The Hall–Kier alpha value is -4.03. The first-order valence-corrected chi connectivity index (χ1v) is 12.9. The highest BCUT2D eigenvalue weighted by Gasteiger charge is 2.31. The predicted octanol–water partition coefficient (Wildman–Crippen LogP) is 6.66. The highest BCUT2D eigenvalue weighted by atomic mass is 35.5. The van der Waals surface area contributed by atoms with E-state index in [2.05, 4.69) is 25.9 Å². The Morgan fingerprint density at radius 3 is 2.39 bits per heavy atom. The van der Waals surface area contributed by atoms with Crippen LogP contribution in [0.15, 0.2) is 42.6 Å². The summed E-state index contributed by atoms with van der Waals surface area (Å²) in [4.78, 5) is 33.2. The maximum atomic E-state index is 12.8. The number of phenolic OH excluding ortho intramolecular Hbond substituents is 1. The van der Waals surface area contributed by atoms with Gasteiger partial charge >= 0.3 is 6.18 Å². The van der Waals surface area contributed by atoms with E-state index in [0.717, 1.165) is 12.1 Å². The highest BCUT2D eigenvalue weighted by Crippen LogP contribution is 2.37. The van der Waals surface area contributed by atoms with Crippen molar-refractivity contribution in [3.8, 4) is 5.75 Å². The minimum absolute atomic E-state index is 0.131.